The van der Waals surface area contributed by atoms with Gasteiger partial charge in [-0.25, -0.2) is 4.79 Å². The molecule has 0 spiro atoms. The van der Waals surface area contributed by atoms with Crippen molar-refractivity contribution >= 4 is 39.2 Å². The molecule has 0 atom stereocenters. The number of carbonyl (C=O) groups is 1. The lowest BCUT2D eigenvalue weighted by Crippen LogP contribution is -2.28. The van der Waals surface area contributed by atoms with E-state index in [4.69, 9.17) is 11.6 Å². The molecule has 0 aliphatic heterocycles. The van der Waals surface area contributed by atoms with Crippen LogP contribution in [0.5, 0.6) is 0 Å². The molecular formula is C10H10BrClN2O. The molecule has 0 unspecified atom stereocenters. The van der Waals surface area contributed by atoms with Gasteiger partial charge in [-0.05, 0) is 34.1 Å². The molecule has 80 valence electrons. The lowest BCUT2D eigenvalue weighted by atomic mass is 10.3. The standard InChI is InChI=1S/C10H10BrClN2O/c1-2-5-13-10(15)14-9-4-3-7(12)6-8(9)11/h2-4,6H,1,5H2,(H2,13,14,15). The minimum Gasteiger partial charge on any atom is -0.334 e. The quantitative estimate of drug-likeness (QED) is 0.823. The largest absolute Gasteiger partial charge is 0.334 e. The fourth-order valence-electron chi connectivity index (χ4n) is 0.922. The molecule has 15 heavy (non-hydrogen) atoms. The van der Waals surface area contributed by atoms with Crippen molar-refractivity contribution in [1.82, 2.24) is 5.32 Å². The third kappa shape index (κ3) is 3.93. The van der Waals surface area contributed by atoms with Gasteiger partial charge < -0.3 is 10.6 Å². The molecule has 1 rings (SSSR count). The monoisotopic (exact) mass is 288 g/mol. The fourth-order valence-corrected chi connectivity index (χ4v) is 1.70. The summed E-state index contributed by atoms with van der Waals surface area (Å²) in [5, 5.41) is 5.88. The fraction of sp³-hybridized carbons (Fsp3) is 0.100. The molecule has 2 N–H and O–H groups in total. The zero-order valence-electron chi connectivity index (χ0n) is 7.89. The molecule has 0 bridgehead atoms. The number of hydrogen-bond acceptors (Lipinski definition) is 1. The van der Waals surface area contributed by atoms with Crippen molar-refractivity contribution in [1.29, 1.82) is 0 Å². The molecule has 0 fully saturated rings. The number of anilines is 1. The molecular weight excluding hydrogens is 279 g/mol. The molecule has 0 aliphatic carbocycles. The van der Waals surface area contributed by atoms with Crippen molar-refractivity contribution < 1.29 is 4.79 Å². The van der Waals surface area contributed by atoms with Gasteiger partial charge in [0.15, 0.2) is 0 Å². The number of halogens is 2. The first-order chi connectivity index (χ1) is 7.13. The summed E-state index contributed by atoms with van der Waals surface area (Å²) in [6, 6.07) is 4.86. The van der Waals surface area contributed by atoms with E-state index in [1.807, 2.05) is 0 Å². The van der Waals surface area contributed by atoms with E-state index in [9.17, 15) is 4.79 Å². The second kappa shape index (κ2) is 5.78. The Balaban J connectivity index is 2.64. The molecule has 5 heteroatoms. The predicted molar refractivity (Wildman–Crippen MR) is 66.4 cm³/mol. The van der Waals surface area contributed by atoms with Gasteiger partial charge in [0.25, 0.3) is 0 Å². The Morgan fingerprint density at radius 3 is 2.93 bits per heavy atom. The molecule has 0 aliphatic rings. The van der Waals surface area contributed by atoms with Crippen LogP contribution in [0, 0.1) is 0 Å². The van der Waals surface area contributed by atoms with E-state index in [2.05, 4.69) is 33.1 Å². The van der Waals surface area contributed by atoms with Gasteiger partial charge in [0.1, 0.15) is 0 Å². The van der Waals surface area contributed by atoms with Crippen LogP contribution < -0.4 is 10.6 Å². The Morgan fingerprint density at radius 2 is 2.33 bits per heavy atom. The van der Waals surface area contributed by atoms with Crippen LogP contribution in [0.2, 0.25) is 5.02 Å². The molecule has 2 amide bonds. The van der Waals surface area contributed by atoms with Crippen molar-refractivity contribution in [2.75, 3.05) is 11.9 Å². The summed E-state index contributed by atoms with van der Waals surface area (Å²) in [6.07, 6.45) is 1.61. The maximum absolute atomic E-state index is 11.3. The van der Waals surface area contributed by atoms with E-state index in [-0.39, 0.29) is 6.03 Å². The van der Waals surface area contributed by atoms with Crippen LogP contribution in [-0.4, -0.2) is 12.6 Å². The van der Waals surface area contributed by atoms with Crippen LogP contribution in [0.25, 0.3) is 0 Å². The summed E-state index contributed by atoms with van der Waals surface area (Å²) in [6.45, 7) is 3.93. The molecule has 0 saturated carbocycles. The number of nitrogens with one attached hydrogen (secondary N) is 2. The van der Waals surface area contributed by atoms with Gasteiger partial charge in [0, 0.05) is 16.0 Å². The molecule has 0 radical (unpaired) electrons. The van der Waals surface area contributed by atoms with Gasteiger partial charge in [-0.2, -0.15) is 0 Å². The van der Waals surface area contributed by atoms with Crippen molar-refractivity contribution in [3.63, 3.8) is 0 Å². The van der Waals surface area contributed by atoms with E-state index < -0.39 is 0 Å². The zero-order valence-corrected chi connectivity index (χ0v) is 10.2. The molecule has 0 heterocycles. The second-order valence-electron chi connectivity index (χ2n) is 2.75. The minimum absolute atomic E-state index is 0.280. The molecule has 1 aromatic carbocycles. The highest BCUT2D eigenvalue weighted by atomic mass is 79.9. The predicted octanol–water partition coefficient (Wildman–Crippen LogP) is 3.41. The summed E-state index contributed by atoms with van der Waals surface area (Å²) in [5.74, 6) is 0. The lowest BCUT2D eigenvalue weighted by Gasteiger charge is -2.07. The van der Waals surface area contributed by atoms with E-state index in [0.29, 0.717) is 17.3 Å². The average molecular weight is 290 g/mol. The number of amides is 2. The van der Waals surface area contributed by atoms with Crippen LogP contribution in [0.1, 0.15) is 0 Å². The maximum atomic E-state index is 11.3. The Bertz CT molecular complexity index is 382. The second-order valence-corrected chi connectivity index (χ2v) is 4.04. The smallest absolute Gasteiger partial charge is 0.319 e. The topological polar surface area (TPSA) is 41.1 Å². The number of hydrogen-bond donors (Lipinski definition) is 2. The lowest BCUT2D eigenvalue weighted by molar-refractivity contribution is 0.253. The first-order valence-corrected chi connectivity index (χ1v) is 5.41. The highest BCUT2D eigenvalue weighted by Crippen LogP contribution is 2.25. The highest BCUT2D eigenvalue weighted by molar-refractivity contribution is 9.10. The van der Waals surface area contributed by atoms with E-state index in [0.717, 1.165) is 4.47 Å². The van der Waals surface area contributed by atoms with E-state index in [1.54, 1.807) is 24.3 Å². The van der Waals surface area contributed by atoms with Gasteiger partial charge in [-0.1, -0.05) is 17.7 Å². The van der Waals surface area contributed by atoms with Gasteiger partial charge in [-0.3, -0.25) is 0 Å². The number of benzene rings is 1. The summed E-state index contributed by atoms with van der Waals surface area (Å²) in [7, 11) is 0. The molecule has 0 aromatic heterocycles. The first kappa shape index (κ1) is 12.1. The van der Waals surface area contributed by atoms with E-state index >= 15 is 0 Å². The molecule has 0 saturated heterocycles. The summed E-state index contributed by atoms with van der Waals surface area (Å²) in [5.41, 5.74) is 0.668. The van der Waals surface area contributed by atoms with Crippen molar-refractivity contribution in [2.24, 2.45) is 0 Å². The van der Waals surface area contributed by atoms with Gasteiger partial charge in [0.2, 0.25) is 0 Å². The van der Waals surface area contributed by atoms with Crippen LogP contribution >= 0.6 is 27.5 Å². The Kier molecular flexibility index (Phi) is 4.65. The van der Waals surface area contributed by atoms with Crippen LogP contribution in [-0.2, 0) is 0 Å². The number of urea groups is 1. The Labute approximate surface area is 102 Å². The van der Waals surface area contributed by atoms with Crippen molar-refractivity contribution in [3.05, 3.63) is 40.3 Å². The van der Waals surface area contributed by atoms with Gasteiger partial charge in [-0.15, -0.1) is 6.58 Å². The number of rotatable bonds is 3. The Morgan fingerprint density at radius 1 is 1.60 bits per heavy atom. The van der Waals surface area contributed by atoms with Crippen molar-refractivity contribution in [2.45, 2.75) is 0 Å². The summed E-state index contributed by atoms with van der Waals surface area (Å²) < 4.78 is 0.740. The summed E-state index contributed by atoms with van der Waals surface area (Å²) >= 11 is 9.06. The average Bonchev–Trinajstić information content (AvgIpc) is 2.19. The zero-order chi connectivity index (χ0) is 11.3. The van der Waals surface area contributed by atoms with Crippen LogP contribution in [0.3, 0.4) is 0 Å². The minimum atomic E-state index is -0.280. The third-order valence-electron chi connectivity index (χ3n) is 1.59. The van der Waals surface area contributed by atoms with Gasteiger partial charge >= 0.3 is 6.03 Å². The Hall–Kier alpha value is -1.000. The summed E-state index contributed by atoms with van der Waals surface area (Å²) in [4.78, 5) is 11.3. The molecule has 3 nitrogen and oxygen atoms in total. The SMILES string of the molecule is C=CCNC(=O)Nc1ccc(Cl)cc1Br. The number of carbonyl (C=O) groups excluding carboxylic acids is 1. The van der Waals surface area contributed by atoms with Crippen LogP contribution in [0.4, 0.5) is 10.5 Å². The van der Waals surface area contributed by atoms with E-state index in [1.165, 1.54) is 0 Å². The third-order valence-corrected chi connectivity index (χ3v) is 2.48. The first-order valence-electron chi connectivity index (χ1n) is 4.24. The normalized spacial score (nSPS) is 9.47. The maximum Gasteiger partial charge on any atom is 0.319 e. The van der Waals surface area contributed by atoms with Crippen LogP contribution in [0.15, 0.2) is 35.3 Å². The molecule has 1 aromatic rings. The van der Waals surface area contributed by atoms with Gasteiger partial charge in [0.05, 0.1) is 5.69 Å². The van der Waals surface area contributed by atoms with Crippen molar-refractivity contribution in [3.8, 4) is 0 Å². The highest BCUT2D eigenvalue weighted by Gasteiger charge is 2.04.